The summed E-state index contributed by atoms with van der Waals surface area (Å²) in [6, 6.07) is 19.5. The highest BCUT2D eigenvalue weighted by molar-refractivity contribution is 14.1. The van der Waals surface area contributed by atoms with Crippen molar-refractivity contribution in [2.75, 3.05) is 7.11 Å². The third-order valence-electron chi connectivity index (χ3n) is 6.54. The monoisotopic (exact) mass is 607 g/mol. The average molecular weight is 607 g/mol. The molecule has 0 fully saturated rings. The molecule has 3 aromatic rings. The van der Waals surface area contributed by atoms with Crippen LogP contribution < -0.4 is 10.1 Å². The minimum Gasteiger partial charge on any atom is -0.488 e. The molecule has 0 saturated heterocycles. The number of methoxy groups -OCH3 is 1. The lowest BCUT2D eigenvalue weighted by molar-refractivity contribution is -0.136. The van der Waals surface area contributed by atoms with Gasteiger partial charge in [-0.2, -0.15) is 0 Å². The second kappa shape index (κ2) is 9.85. The van der Waals surface area contributed by atoms with E-state index in [0.717, 1.165) is 26.0 Å². The van der Waals surface area contributed by atoms with E-state index in [1.54, 1.807) is 18.2 Å². The molecule has 7 nitrogen and oxygen atoms in total. The van der Waals surface area contributed by atoms with Gasteiger partial charge in [0.25, 0.3) is 0 Å². The fraction of sp³-hybridized carbons (Fsp3) is 0.138. The van der Waals surface area contributed by atoms with Crippen LogP contribution in [0.4, 0.5) is 0 Å². The zero-order valence-electron chi connectivity index (χ0n) is 20.0. The molecule has 3 aromatic carbocycles. The van der Waals surface area contributed by atoms with Gasteiger partial charge in [0.15, 0.2) is 5.78 Å². The largest absolute Gasteiger partial charge is 0.488 e. The van der Waals surface area contributed by atoms with Gasteiger partial charge in [0.05, 0.1) is 27.5 Å². The number of ether oxygens (including phenoxy) is 2. The van der Waals surface area contributed by atoms with Crippen molar-refractivity contribution >= 4 is 46.0 Å². The number of allylic oxidation sites excluding steroid dienone is 2. The molecule has 2 aliphatic rings. The Kier molecular flexibility index (Phi) is 6.59. The van der Waals surface area contributed by atoms with Gasteiger partial charge in [0.1, 0.15) is 12.4 Å². The first-order chi connectivity index (χ1) is 17.8. The van der Waals surface area contributed by atoms with Crippen molar-refractivity contribution in [1.29, 1.82) is 0 Å². The number of carboxylic acid groups (broad SMARTS) is 1. The summed E-state index contributed by atoms with van der Waals surface area (Å²) in [5.41, 5.74) is 5.52. The number of benzene rings is 3. The molecular weight excluding hydrogens is 585 g/mol. The molecule has 1 heterocycles. The molecule has 0 saturated carbocycles. The lowest BCUT2D eigenvalue weighted by Gasteiger charge is -2.29. The molecular formula is C29H22INO6. The van der Waals surface area contributed by atoms with Crippen molar-refractivity contribution in [3.05, 3.63) is 115 Å². The summed E-state index contributed by atoms with van der Waals surface area (Å²) >= 11 is 2.17. The molecule has 0 unspecified atom stereocenters. The minimum absolute atomic E-state index is 0.114. The standard InChI is InChI=1S/C29H22INO6/c1-15-23(29(35)36-2)24(25-26(31-15)19-5-3-4-6-20(19)27(25)32)18-11-12-22(21(30)13-18)37-14-16-7-9-17(10-8-16)28(33)34/h3-13,24,31H,14H2,1-2H3,(H,33,34)/t24-/m1/s1. The Bertz CT molecular complexity index is 1520. The lowest BCUT2D eigenvalue weighted by atomic mass is 9.80. The third-order valence-corrected chi connectivity index (χ3v) is 7.38. The summed E-state index contributed by atoms with van der Waals surface area (Å²) in [5, 5.41) is 12.3. The number of hydrogen-bond donors (Lipinski definition) is 2. The molecule has 0 radical (unpaired) electrons. The van der Waals surface area contributed by atoms with E-state index >= 15 is 0 Å². The molecule has 186 valence electrons. The molecule has 5 rings (SSSR count). The average Bonchev–Trinajstić information content (AvgIpc) is 3.18. The summed E-state index contributed by atoms with van der Waals surface area (Å²) in [4.78, 5) is 37.5. The number of carbonyl (C=O) groups excluding carboxylic acids is 2. The van der Waals surface area contributed by atoms with Gasteiger partial charge in [-0.05, 0) is 64.9 Å². The molecule has 8 heteroatoms. The molecule has 0 aromatic heterocycles. The zero-order valence-corrected chi connectivity index (χ0v) is 22.2. The van der Waals surface area contributed by atoms with E-state index < -0.39 is 17.9 Å². The maximum Gasteiger partial charge on any atom is 0.336 e. The van der Waals surface area contributed by atoms with Crippen molar-refractivity contribution in [2.45, 2.75) is 19.4 Å². The first kappa shape index (κ1) is 24.8. The first-order valence-electron chi connectivity index (χ1n) is 11.5. The highest BCUT2D eigenvalue weighted by Gasteiger charge is 2.42. The fourth-order valence-electron chi connectivity index (χ4n) is 4.76. The number of ketones is 1. The third kappa shape index (κ3) is 4.42. The summed E-state index contributed by atoms with van der Waals surface area (Å²) in [6.07, 6.45) is 0. The SMILES string of the molecule is COC(=O)C1=C(C)NC2=C(C(=O)c3ccccc32)[C@@H]1c1ccc(OCc2ccc(C(=O)O)cc2)c(I)c1. The predicted octanol–water partition coefficient (Wildman–Crippen LogP) is 5.31. The van der Waals surface area contributed by atoms with E-state index in [1.165, 1.54) is 19.2 Å². The van der Waals surface area contributed by atoms with Gasteiger partial charge in [-0.3, -0.25) is 4.79 Å². The van der Waals surface area contributed by atoms with E-state index in [2.05, 4.69) is 27.9 Å². The van der Waals surface area contributed by atoms with E-state index in [4.69, 9.17) is 14.6 Å². The Labute approximate surface area is 226 Å². The van der Waals surface area contributed by atoms with Gasteiger partial charge < -0.3 is 19.9 Å². The van der Waals surface area contributed by atoms with Crippen LogP contribution in [-0.4, -0.2) is 29.9 Å². The van der Waals surface area contributed by atoms with Crippen molar-refractivity contribution in [2.24, 2.45) is 0 Å². The Morgan fingerprint density at radius 1 is 1.03 bits per heavy atom. The van der Waals surface area contributed by atoms with Crippen LogP contribution in [0.2, 0.25) is 0 Å². The number of fused-ring (bicyclic) bond motifs is 2. The van der Waals surface area contributed by atoms with Gasteiger partial charge in [-0.15, -0.1) is 0 Å². The van der Waals surface area contributed by atoms with Crippen LogP contribution in [0.25, 0.3) is 5.70 Å². The summed E-state index contributed by atoms with van der Waals surface area (Å²) in [7, 11) is 1.33. The van der Waals surface area contributed by atoms with Crippen LogP contribution in [0, 0.1) is 3.57 Å². The Balaban J connectivity index is 1.49. The van der Waals surface area contributed by atoms with Crippen LogP contribution in [0.3, 0.4) is 0 Å². The molecule has 1 aliphatic carbocycles. The van der Waals surface area contributed by atoms with E-state index in [1.807, 2.05) is 43.3 Å². The maximum atomic E-state index is 13.5. The van der Waals surface area contributed by atoms with Crippen molar-refractivity contribution in [1.82, 2.24) is 5.32 Å². The fourth-order valence-corrected chi connectivity index (χ4v) is 5.46. The Hall–Kier alpha value is -3.92. The summed E-state index contributed by atoms with van der Waals surface area (Å²) in [6.45, 7) is 2.07. The van der Waals surface area contributed by atoms with E-state index in [0.29, 0.717) is 28.2 Å². The molecule has 2 N–H and O–H groups in total. The summed E-state index contributed by atoms with van der Waals surface area (Å²) in [5.74, 6) is -1.55. The number of hydrogen-bond acceptors (Lipinski definition) is 6. The number of dihydropyridines is 1. The lowest BCUT2D eigenvalue weighted by Crippen LogP contribution is -2.29. The number of halogens is 1. The van der Waals surface area contributed by atoms with E-state index in [-0.39, 0.29) is 18.0 Å². The van der Waals surface area contributed by atoms with Gasteiger partial charge in [-0.25, -0.2) is 9.59 Å². The van der Waals surface area contributed by atoms with E-state index in [9.17, 15) is 14.4 Å². The zero-order chi connectivity index (χ0) is 26.3. The molecule has 0 spiro atoms. The van der Waals surface area contributed by atoms with Crippen LogP contribution >= 0.6 is 22.6 Å². The minimum atomic E-state index is -0.978. The number of aromatic carboxylic acids is 1. The van der Waals surface area contributed by atoms with Crippen molar-refractivity contribution in [3.63, 3.8) is 0 Å². The Morgan fingerprint density at radius 2 is 1.73 bits per heavy atom. The number of esters is 1. The van der Waals surface area contributed by atoms with Gasteiger partial charge in [-0.1, -0.05) is 42.5 Å². The van der Waals surface area contributed by atoms with Gasteiger partial charge in [0, 0.05) is 28.3 Å². The van der Waals surface area contributed by atoms with Crippen molar-refractivity contribution in [3.8, 4) is 5.75 Å². The normalized spacial score (nSPS) is 16.2. The van der Waals surface area contributed by atoms with Crippen LogP contribution in [-0.2, 0) is 16.1 Å². The number of rotatable bonds is 6. The second-order valence-corrected chi connectivity index (χ2v) is 9.89. The first-order valence-corrected chi connectivity index (χ1v) is 12.6. The summed E-state index contributed by atoms with van der Waals surface area (Å²) < 4.78 is 11.9. The van der Waals surface area contributed by atoms with Gasteiger partial charge >= 0.3 is 11.9 Å². The highest BCUT2D eigenvalue weighted by Crippen LogP contribution is 2.47. The van der Waals surface area contributed by atoms with Crippen LogP contribution in [0.1, 0.15) is 50.2 Å². The maximum absolute atomic E-state index is 13.5. The number of nitrogens with one attached hydrogen (secondary N) is 1. The van der Waals surface area contributed by atoms with Gasteiger partial charge in [0.2, 0.25) is 0 Å². The molecule has 37 heavy (non-hydrogen) atoms. The predicted molar refractivity (Wildman–Crippen MR) is 145 cm³/mol. The highest BCUT2D eigenvalue weighted by atomic mass is 127. The molecule has 0 bridgehead atoms. The number of Topliss-reactive ketones (excluding diaryl/α,β-unsaturated/α-hetero) is 1. The molecule has 0 amide bonds. The quantitative estimate of drug-likeness (QED) is 0.290. The van der Waals surface area contributed by atoms with Crippen LogP contribution in [0.5, 0.6) is 5.75 Å². The second-order valence-electron chi connectivity index (χ2n) is 8.73. The number of carboxylic acids is 1. The van der Waals surface area contributed by atoms with Crippen molar-refractivity contribution < 1.29 is 29.0 Å². The smallest absolute Gasteiger partial charge is 0.336 e. The molecule has 1 atom stereocenters. The topological polar surface area (TPSA) is 102 Å². The Morgan fingerprint density at radius 3 is 2.38 bits per heavy atom. The molecule has 1 aliphatic heterocycles. The van der Waals surface area contributed by atoms with Crippen LogP contribution in [0.15, 0.2) is 83.6 Å². The number of carbonyl (C=O) groups is 3.